The average Bonchev–Trinajstić information content (AvgIpc) is 3.14. The molecule has 2 atom stereocenters. The molecule has 2 saturated heterocycles. The van der Waals surface area contributed by atoms with Gasteiger partial charge in [0.25, 0.3) is 0 Å². The molecule has 4 nitrogen and oxygen atoms in total. The van der Waals surface area contributed by atoms with E-state index in [9.17, 15) is 4.79 Å². The smallest absolute Gasteiger partial charge is 0.223 e. The SMILES string of the molecule is Cc1ccsc1CCC(=O)N1C2CCC1CC(Oc1cccnc1)C2. The van der Waals surface area contributed by atoms with Crippen molar-refractivity contribution in [3.8, 4) is 5.75 Å². The summed E-state index contributed by atoms with van der Waals surface area (Å²) in [7, 11) is 0. The van der Waals surface area contributed by atoms with E-state index in [2.05, 4.69) is 28.3 Å². The summed E-state index contributed by atoms with van der Waals surface area (Å²) in [4.78, 5) is 20.4. The number of aromatic nitrogens is 1. The Kier molecular flexibility index (Phi) is 4.75. The Labute approximate surface area is 152 Å². The van der Waals surface area contributed by atoms with E-state index in [1.54, 1.807) is 23.7 Å². The number of thiophene rings is 1. The standard InChI is InChI=1S/C20H24N2O2S/c1-14-8-10-25-19(14)6-7-20(23)22-15-4-5-16(22)12-18(11-15)24-17-3-2-9-21-13-17/h2-3,8-10,13,15-16,18H,4-7,11-12H2,1H3. The summed E-state index contributed by atoms with van der Waals surface area (Å²) >= 11 is 1.76. The van der Waals surface area contributed by atoms with Gasteiger partial charge < -0.3 is 9.64 Å². The molecule has 0 saturated carbocycles. The van der Waals surface area contributed by atoms with E-state index in [0.29, 0.717) is 24.4 Å². The van der Waals surface area contributed by atoms with E-state index < -0.39 is 0 Å². The molecule has 5 heteroatoms. The number of rotatable bonds is 5. The fourth-order valence-corrected chi connectivity index (χ4v) is 5.16. The van der Waals surface area contributed by atoms with Crippen LogP contribution in [0.15, 0.2) is 36.0 Å². The van der Waals surface area contributed by atoms with Crippen LogP contribution in [0.5, 0.6) is 5.75 Å². The Morgan fingerprint density at radius 1 is 1.32 bits per heavy atom. The summed E-state index contributed by atoms with van der Waals surface area (Å²) in [5, 5.41) is 2.11. The normalized spacial score (nSPS) is 25.2. The van der Waals surface area contributed by atoms with Crippen molar-refractivity contribution in [3.05, 3.63) is 46.4 Å². The van der Waals surface area contributed by atoms with Crippen molar-refractivity contribution in [1.82, 2.24) is 9.88 Å². The Bertz CT molecular complexity index is 716. The monoisotopic (exact) mass is 356 g/mol. The van der Waals surface area contributed by atoms with Crippen LogP contribution in [0, 0.1) is 6.92 Å². The van der Waals surface area contributed by atoms with E-state index in [1.165, 1.54) is 10.4 Å². The summed E-state index contributed by atoms with van der Waals surface area (Å²) < 4.78 is 6.10. The minimum atomic E-state index is 0.199. The fourth-order valence-electron chi connectivity index (χ4n) is 4.25. The number of hydrogen-bond donors (Lipinski definition) is 0. The second kappa shape index (κ2) is 7.16. The van der Waals surface area contributed by atoms with Gasteiger partial charge >= 0.3 is 0 Å². The van der Waals surface area contributed by atoms with Crippen LogP contribution >= 0.6 is 11.3 Å². The fraction of sp³-hybridized carbons (Fsp3) is 0.500. The van der Waals surface area contributed by atoms with Gasteiger partial charge in [0.15, 0.2) is 0 Å². The maximum absolute atomic E-state index is 12.8. The highest BCUT2D eigenvalue weighted by atomic mass is 32.1. The molecule has 4 heterocycles. The van der Waals surface area contributed by atoms with Gasteiger partial charge in [-0.25, -0.2) is 0 Å². The van der Waals surface area contributed by atoms with Gasteiger partial charge in [0.1, 0.15) is 11.9 Å². The van der Waals surface area contributed by atoms with Crippen molar-refractivity contribution in [1.29, 1.82) is 0 Å². The third-order valence-corrected chi connectivity index (χ3v) is 6.53. The van der Waals surface area contributed by atoms with E-state index in [0.717, 1.165) is 37.9 Å². The highest BCUT2D eigenvalue weighted by Crippen LogP contribution is 2.37. The molecule has 4 rings (SSSR count). The van der Waals surface area contributed by atoms with Crippen molar-refractivity contribution < 1.29 is 9.53 Å². The Hall–Kier alpha value is -1.88. The molecule has 0 spiro atoms. The number of amides is 1. The first kappa shape index (κ1) is 16.6. The molecule has 0 radical (unpaired) electrons. The van der Waals surface area contributed by atoms with Crippen molar-refractivity contribution in [2.75, 3.05) is 0 Å². The molecule has 2 aliphatic heterocycles. The molecule has 2 aromatic rings. The van der Waals surface area contributed by atoms with Gasteiger partial charge in [-0.3, -0.25) is 9.78 Å². The molecule has 0 aliphatic carbocycles. The molecular weight excluding hydrogens is 332 g/mol. The Morgan fingerprint density at radius 3 is 2.76 bits per heavy atom. The number of piperidine rings is 1. The zero-order valence-corrected chi connectivity index (χ0v) is 15.4. The summed E-state index contributed by atoms with van der Waals surface area (Å²) in [6.45, 7) is 2.13. The van der Waals surface area contributed by atoms with Gasteiger partial charge in [-0.05, 0) is 55.3 Å². The number of carbonyl (C=O) groups is 1. The number of ether oxygens (including phenoxy) is 1. The van der Waals surface area contributed by atoms with Gasteiger partial charge in [-0.2, -0.15) is 0 Å². The van der Waals surface area contributed by atoms with Crippen molar-refractivity contribution >= 4 is 17.2 Å². The number of fused-ring (bicyclic) bond motifs is 2. The van der Waals surface area contributed by atoms with Crippen LogP contribution in [0.1, 0.15) is 42.5 Å². The van der Waals surface area contributed by atoms with E-state index in [4.69, 9.17) is 4.74 Å². The zero-order chi connectivity index (χ0) is 17.2. The van der Waals surface area contributed by atoms with Crippen molar-refractivity contribution in [2.45, 2.75) is 63.6 Å². The minimum Gasteiger partial charge on any atom is -0.489 e. The van der Waals surface area contributed by atoms with Gasteiger partial charge in [-0.1, -0.05) is 0 Å². The molecule has 2 aliphatic rings. The molecule has 2 aromatic heterocycles. The zero-order valence-electron chi connectivity index (χ0n) is 14.6. The second-order valence-electron chi connectivity index (χ2n) is 7.11. The molecule has 1 amide bonds. The molecule has 0 N–H and O–H groups in total. The summed E-state index contributed by atoms with van der Waals surface area (Å²) in [6, 6.07) is 6.68. The largest absolute Gasteiger partial charge is 0.489 e. The van der Waals surface area contributed by atoms with E-state index in [-0.39, 0.29) is 6.10 Å². The lowest BCUT2D eigenvalue weighted by molar-refractivity contribution is -0.137. The van der Waals surface area contributed by atoms with Crippen molar-refractivity contribution in [3.63, 3.8) is 0 Å². The molecule has 2 unspecified atom stereocenters. The van der Waals surface area contributed by atoms with Gasteiger partial charge in [0.2, 0.25) is 5.91 Å². The summed E-state index contributed by atoms with van der Waals surface area (Å²) in [5.74, 6) is 1.15. The summed E-state index contributed by atoms with van der Waals surface area (Å²) in [5.41, 5.74) is 1.31. The van der Waals surface area contributed by atoms with Crippen LogP contribution in [0.3, 0.4) is 0 Å². The van der Waals surface area contributed by atoms with Crippen molar-refractivity contribution in [2.24, 2.45) is 0 Å². The highest BCUT2D eigenvalue weighted by Gasteiger charge is 2.43. The van der Waals surface area contributed by atoms with Crippen LogP contribution in [-0.2, 0) is 11.2 Å². The third kappa shape index (κ3) is 3.56. The maximum atomic E-state index is 12.8. The predicted molar refractivity (Wildman–Crippen MR) is 98.9 cm³/mol. The predicted octanol–water partition coefficient (Wildman–Crippen LogP) is 3.99. The second-order valence-corrected chi connectivity index (χ2v) is 8.11. The Morgan fingerprint density at radius 2 is 2.12 bits per heavy atom. The third-order valence-electron chi connectivity index (χ3n) is 5.45. The van der Waals surface area contributed by atoms with Crippen LogP contribution < -0.4 is 4.74 Å². The number of pyridine rings is 1. The average molecular weight is 356 g/mol. The van der Waals surface area contributed by atoms with Crippen LogP contribution in [-0.4, -0.2) is 34.0 Å². The van der Waals surface area contributed by atoms with Gasteiger partial charge in [0.05, 0.1) is 6.20 Å². The summed E-state index contributed by atoms with van der Waals surface area (Å²) in [6.07, 6.45) is 9.32. The lowest BCUT2D eigenvalue weighted by Crippen LogP contribution is -2.49. The maximum Gasteiger partial charge on any atom is 0.223 e. The number of nitrogens with zero attached hydrogens (tertiary/aromatic N) is 2. The molecule has 132 valence electrons. The molecule has 2 fully saturated rings. The number of aryl methyl sites for hydroxylation is 2. The van der Waals surface area contributed by atoms with Crippen LogP contribution in [0.2, 0.25) is 0 Å². The quantitative estimate of drug-likeness (QED) is 0.814. The van der Waals surface area contributed by atoms with Crippen LogP contribution in [0.4, 0.5) is 0 Å². The topological polar surface area (TPSA) is 42.4 Å². The van der Waals surface area contributed by atoms with E-state index >= 15 is 0 Å². The van der Waals surface area contributed by atoms with E-state index in [1.807, 2.05) is 12.1 Å². The van der Waals surface area contributed by atoms with Crippen LogP contribution in [0.25, 0.3) is 0 Å². The molecule has 2 bridgehead atoms. The first-order chi connectivity index (χ1) is 12.2. The first-order valence-corrected chi connectivity index (χ1v) is 9.99. The highest BCUT2D eigenvalue weighted by molar-refractivity contribution is 7.10. The number of hydrogen-bond acceptors (Lipinski definition) is 4. The molecule has 25 heavy (non-hydrogen) atoms. The molecular formula is C20H24N2O2S. The lowest BCUT2D eigenvalue weighted by Gasteiger charge is -2.39. The first-order valence-electron chi connectivity index (χ1n) is 9.11. The molecule has 0 aromatic carbocycles. The lowest BCUT2D eigenvalue weighted by atomic mass is 9.98. The van der Waals surface area contributed by atoms with Gasteiger partial charge in [0, 0.05) is 42.4 Å². The minimum absolute atomic E-state index is 0.199. The Balaban J connectivity index is 1.35. The van der Waals surface area contributed by atoms with Gasteiger partial charge in [-0.15, -0.1) is 11.3 Å². The number of carbonyl (C=O) groups excluding carboxylic acids is 1.